The van der Waals surface area contributed by atoms with Gasteiger partial charge >= 0.3 is 6.09 Å². The van der Waals surface area contributed by atoms with Gasteiger partial charge in [-0.3, -0.25) is 9.59 Å². The van der Waals surface area contributed by atoms with Crippen LogP contribution in [-0.2, 0) is 20.7 Å². The molecule has 1 saturated heterocycles. The normalized spacial score (nSPS) is 22.2. The molecule has 0 spiro atoms. The van der Waals surface area contributed by atoms with Crippen LogP contribution in [0, 0.1) is 11.8 Å². The Morgan fingerprint density at radius 1 is 1.07 bits per heavy atom. The number of methoxy groups -OCH3 is 2. The number of benzene rings is 1. The number of carbonyl (C=O) groups is 3. The lowest BCUT2D eigenvalue weighted by molar-refractivity contribution is -0.145. The number of rotatable bonds is 8. The molecule has 0 unspecified atom stereocenters. The van der Waals surface area contributed by atoms with E-state index in [1.54, 1.807) is 29.6 Å². The number of fused-ring (bicyclic) bond motifs is 1. The molecule has 5 rings (SSSR count). The molecule has 2 fully saturated rings. The summed E-state index contributed by atoms with van der Waals surface area (Å²) in [4.78, 5) is 44.4. The Labute approximate surface area is 237 Å². The minimum Gasteiger partial charge on any atom is -0.493 e. The SMILES string of the molecule is COc1ccc(C2=NN(C3CCN(C(=O)[C@@H](Cc4cscn4)OC(N)=O)CC3)C(=O)[C@@H]3CCCC[C@H]23)cc1OC. The summed E-state index contributed by atoms with van der Waals surface area (Å²) in [6.45, 7) is 0.830. The van der Waals surface area contributed by atoms with Crippen LogP contribution in [0.5, 0.6) is 11.5 Å². The summed E-state index contributed by atoms with van der Waals surface area (Å²) in [6.07, 6.45) is 3.11. The minimum atomic E-state index is -1.04. The van der Waals surface area contributed by atoms with E-state index in [9.17, 15) is 14.4 Å². The first-order valence-electron chi connectivity index (χ1n) is 13.7. The molecular formula is C28H35N5O6S. The maximum absolute atomic E-state index is 13.7. The highest BCUT2D eigenvalue weighted by Gasteiger charge is 2.44. The zero-order valence-corrected chi connectivity index (χ0v) is 23.6. The zero-order valence-electron chi connectivity index (χ0n) is 22.8. The van der Waals surface area contributed by atoms with E-state index in [2.05, 4.69) is 4.98 Å². The molecule has 2 N–H and O–H groups in total. The smallest absolute Gasteiger partial charge is 0.405 e. The topological polar surface area (TPSA) is 137 Å². The van der Waals surface area contributed by atoms with E-state index in [0.29, 0.717) is 43.1 Å². The van der Waals surface area contributed by atoms with Crippen molar-refractivity contribution in [2.75, 3.05) is 27.3 Å². The molecule has 1 aromatic carbocycles. The van der Waals surface area contributed by atoms with Gasteiger partial charge in [0.05, 0.1) is 37.2 Å². The monoisotopic (exact) mass is 569 g/mol. The molecule has 1 saturated carbocycles. The quantitative estimate of drug-likeness (QED) is 0.515. The van der Waals surface area contributed by atoms with E-state index < -0.39 is 12.2 Å². The van der Waals surface area contributed by atoms with Crippen LogP contribution in [0.3, 0.4) is 0 Å². The Balaban J connectivity index is 1.34. The Bertz CT molecular complexity index is 1260. The highest BCUT2D eigenvalue weighted by atomic mass is 32.1. The molecule has 3 atom stereocenters. The third kappa shape index (κ3) is 5.77. The fourth-order valence-corrected chi connectivity index (χ4v) is 6.65. The second kappa shape index (κ2) is 12.2. The Kier molecular flexibility index (Phi) is 8.53. The van der Waals surface area contributed by atoms with Crippen molar-refractivity contribution in [1.29, 1.82) is 0 Å². The van der Waals surface area contributed by atoms with Crippen molar-refractivity contribution in [2.45, 2.75) is 57.1 Å². The Morgan fingerprint density at radius 3 is 2.45 bits per heavy atom. The summed E-state index contributed by atoms with van der Waals surface area (Å²) in [7, 11) is 3.21. The summed E-state index contributed by atoms with van der Waals surface area (Å²) in [5.74, 6) is 0.973. The Morgan fingerprint density at radius 2 is 1.80 bits per heavy atom. The van der Waals surface area contributed by atoms with Crippen LogP contribution in [0.4, 0.5) is 4.79 Å². The van der Waals surface area contributed by atoms with Gasteiger partial charge in [0.25, 0.3) is 5.91 Å². The van der Waals surface area contributed by atoms with Gasteiger partial charge in [-0.2, -0.15) is 5.10 Å². The number of primary amides is 1. The zero-order chi connectivity index (χ0) is 28.2. The minimum absolute atomic E-state index is 0.0645. The molecule has 12 heteroatoms. The van der Waals surface area contributed by atoms with E-state index in [1.165, 1.54) is 11.3 Å². The summed E-state index contributed by atoms with van der Waals surface area (Å²) >= 11 is 1.40. The summed E-state index contributed by atoms with van der Waals surface area (Å²) in [5.41, 5.74) is 9.41. The van der Waals surface area contributed by atoms with E-state index >= 15 is 0 Å². The summed E-state index contributed by atoms with van der Waals surface area (Å²) < 4.78 is 16.1. The summed E-state index contributed by atoms with van der Waals surface area (Å²) in [5, 5.41) is 8.46. The van der Waals surface area contributed by atoms with Gasteiger partial charge in [0.15, 0.2) is 17.6 Å². The predicted octanol–water partition coefficient (Wildman–Crippen LogP) is 3.21. The van der Waals surface area contributed by atoms with Gasteiger partial charge in [-0.1, -0.05) is 12.8 Å². The third-order valence-corrected chi connectivity index (χ3v) is 8.72. The third-order valence-electron chi connectivity index (χ3n) is 8.09. The van der Waals surface area contributed by atoms with Crippen LogP contribution >= 0.6 is 11.3 Å². The molecule has 1 aliphatic carbocycles. The van der Waals surface area contributed by atoms with Crippen LogP contribution in [0.25, 0.3) is 0 Å². The second-order valence-electron chi connectivity index (χ2n) is 10.4. The molecule has 2 aromatic rings. The van der Waals surface area contributed by atoms with Gasteiger partial charge in [-0.05, 0) is 43.9 Å². The van der Waals surface area contributed by atoms with E-state index in [0.717, 1.165) is 37.0 Å². The lowest BCUT2D eigenvalue weighted by Crippen LogP contribution is -2.54. The number of nitrogens with two attached hydrogens (primary N) is 1. The average Bonchev–Trinajstić information content (AvgIpc) is 3.49. The molecule has 3 amide bonds. The number of hydrogen-bond acceptors (Lipinski definition) is 9. The number of piperidine rings is 1. The van der Waals surface area contributed by atoms with Gasteiger partial charge in [0.2, 0.25) is 5.91 Å². The predicted molar refractivity (Wildman–Crippen MR) is 148 cm³/mol. The number of thiazole rings is 1. The molecule has 3 heterocycles. The number of likely N-dealkylation sites (tertiary alicyclic amines) is 1. The van der Waals surface area contributed by atoms with Crippen molar-refractivity contribution in [3.63, 3.8) is 0 Å². The van der Waals surface area contributed by atoms with Crippen molar-refractivity contribution in [1.82, 2.24) is 14.9 Å². The van der Waals surface area contributed by atoms with E-state index in [-0.39, 0.29) is 36.1 Å². The first kappa shape index (κ1) is 27.9. The average molecular weight is 570 g/mol. The number of carbonyl (C=O) groups excluding carboxylic acids is 3. The van der Waals surface area contributed by atoms with Gasteiger partial charge in [0, 0.05) is 42.3 Å². The maximum Gasteiger partial charge on any atom is 0.405 e. The largest absolute Gasteiger partial charge is 0.493 e. The number of aromatic nitrogens is 1. The molecule has 0 radical (unpaired) electrons. The van der Waals surface area contributed by atoms with Crippen LogP contribution < -0.4 is 15.2 Å². The van der Waals surface area contributed by atoms with Crippen LogP contribution in [-0.4, -0.2) is 78.0 Å². The molecule has 0 bridgehead atoms. The first-order chi connectivity index (χ1) is 19.4. The molecule has 3 aliphatic rings. The van der Waals surface area contributed by atoms with Crippen molar-refractivity contribution in [2.24, 2.45) is 22.7 Å². The molecular weight excluding hydrogens is 534 g/mol. The van der Waals surface area contributed by atoms with Gasteiger partial charge in [0.1, 0.15) is 0 Å². The van der Waals surface area contributed by atoms with Crippen molar-refractivity contribution in [3.05, 3.63) is 40.3 Å². The van der Waals surface area contributed by atoms with Gasteiger partial charge in [-0.25, -0.2) is 14.8 Å². The Hall–Kier alpha value is -3.67. The second-order valence-corrected chi connectivity index (χ2v) is 11.1. The van der Waals surface area contributed by atoms with Crippen LogP contribution in [0.15, 0.2) is 34.2 Å². The molecule has 214 valence electrons. The molecule has 1 aromatic heterocycles. The van der Waals surface area contributed by atoms with Crippen molar-refractivity contribution < 1.29 is 28.6 Å². The van der Waals surface area contributed by atoms with E-state index in [4.69, 9.17) is 25.0 Å². The molecule has 40 heavy (non-hydrogen) atoms. The number of hydrogen-bond donors (Lipinski definition) is 1. The van der Waals surface area contributed by atoms with Crippen molar-refractivity contribution in [3.8, 4) is 11.5 Å². The van der Waals surface area contributed by atoms with Gasteiger partial charge in [-0.15, -0.1) is 11.3 Å². The fourth-order valence-electron chi connectivity index (χ4n) is 6.07. The fraction of sp³-hybridized carbons (Fsp3) is 0.536. The van der Waals surface area contributed by atoms with Crippen LogP contribution in [0.2, 0.25) is 0 Å². The molecule has 2 aliphatic heterocycles. The number of hydrazone groups is 1. The van der Waals surface area contributed by atoms with Crippen molar-refractivity contribution >= 4 is 35.0 Å². The maximum atomic E-state index is 13.7. The summed E-state index contributed by atoms with van der Waals surface area (Å²) in [6, 6.07) is 5.64. The van der Waals surface area contributed by atoms with Crippen LogP contribution in [0.1, 0.15) is 49.8 Å². The van der Waals surface area contributed by atoms with E-state index in [1.807, 2.05) is 23.6 Å². The number of ether oxygens (including phenoxy) is 3. The molecule has 11 nitrogen and oxygen atoms in total. The van der Waals surface area contributed by atoms with Gasteiger partial charge < -0.3 is 24.8 Å². The lowest BCUT2D eigenvalue weighted by atomic mass is 9.73. The number of amides is 3. The number of nitrogens with zero attached hydrogens (tertiary/aromatic N) is 4. The first-order valence-corrected chi connectivity index (χ1v) is 14.6. The highest BCUT2D eigenvalue weighted by Crippen LogP contribution is 2.40. The lowest BCUT2D eigenvalue weighted by Gasteiger charge is -2.43. The standard InChI is InChI=1S/C28H35N5O6S/c1-37-22-8-7-17(13-23(22)38-2)25-20-5-3-4-6-21(20)26(34)33(31-25)19-9-11-32(12-10-19)27(35)24(39-28(29)36)14-18-15-40-16-30-18/h7-8,13,15-16,19-21,24H,3-6,9-12,14H2,1-2H3,(H2,29,36)/t20-,21+,24+/m0/s1. The highest BCUT2D eigenvalue weighted by molar-refractivity contribution is 7.07.